The van der Waals surface area contributed by atoms with Gasteiger partial charge in [-0.05, 0) is 44.4 Å². The number of carbonyl (C=O) groups excluding carboxylic acids is 1. The van der Waals surface area contributed by atoms with Gasteiger partial charge >= 0.3 is 12.0 Å². The molecule has 2 unspecified atom stereocenters. The SMILES string of the molecule is CC(C1CC1)N(C)C(=O)NC(C(=O)O)C1CC1. The Bertz CT molecular complexity index is 324. The highest BCUT2D eigenvalue weighted by Crippen LogP contribution is 2.35. The normalized spacial score (nSPS) is 22.7. The van der Waals surface area contributed by atoms with Gasteiger partial charge < -0.3 is 15.3 Å². The quantitative estimate of drug-likeness (QED) is 0.760. The Morgan fingerprint density at radius 1 is 1.24 bits per heavy atom. The van der Waals surface area contributed by atoms with Crippen molar-refractivity contribution in [3.8, 4) is 0 Å². The van der Waals surface area contributed by atoms with E-state index in [9.17, 15) is 9.59 Å². The van der Waals surface area contributed by atoms with E-state index in [4.69, 9.17) is 5.11 Å². The van der Waals surface area contributed by atoms with Crippen LogP contribution >= 0.6 is 0 Å². The van der Waals surface area contributed by atoms with Crippen LogP contribution in [-0.4, -0.2) is 41.1 Å². The highest BCUT2D eigenvalue weighted by Gasteiger charge is 2.39. The van der Waals surface area contributed by atoms with E-state index in [1.807, 2.05) is 6.92 Å². The third-order valence-electron chi connectivity index (χ3n) is 3.87. The molecule has 0 saturated heterocycles. The summed E-state index contributed by atoms with van der Waals surface area (Å²) in [5.74, 6) is -0.204. The summed E-state index contributed by atoms with van der Waals surface area (Å²) >= 11 is 0. The van der Waals surface area contributed by atoms with Crippen molar-refractivity contribution >= 4 is 12.0 Å². The van der Waals surface area contributed by atoms with Gasteiger partial charge in [-0.3, -0.25) is 0 Å². The number of amides is 2. The van der Waals surface area contributed by atoms with Crippen molar-refractivity contribution < 1.29 is 14.7 Å². The molecule has 5 heteroatoms. The van der Waals surface area contributed by atoms with Gasteiger partial charge in [0.1, 0.15) is 6.04 Å². The molecule has 0 heterocycles. The molecule has 5 nitrogen and oxygen atoms in total. The zero-order valence-electron chi connectivity index (χ0n) is 10.3. The number of carboxylic acids is 1. The van der Waals surface area contributed by atoms with E-state index in [1.54, 1.807) is 11.9 Å². The summed E-state index contributed by atoms with van der Waals surface area (Å²) in [6.07, 6.45) is 4.14. The van der Waals surface area contributed by atoms with Crippen LogP contribution in [0.1, 0.15) is 32.6 Å². The molecule has 0 bridgehead atoms. The Morgan fingerprint density at radius 2 is 1.76 bits per heavy atom. The van der Waals surface area contributed by atoms with Gasteiger partial charge in [0.05, 0.1) is 0 Å². The van der Waals surface area contributed by atoms with Crippen LogP contribution in [-0.2, 0) is 4.79 Å². The Kier molecular flexibility index (Phi) is 3.26. The Hall–Kier alpha value is -1.26. The van der Waals surface area contributed by atoms with Crippen LogP contribution in [0.2, 0.25) is 0 Å². The molecule has 2 aliphatic carbocycles. The van der Waals surface area contributed by atoms with Crippen LogP contribution < -0.4 is 5.32 Å². The summed E-state index contributed by atoms with van der Waals surface area (Å²) in [7, 11) is 1.74. The van der Waals surface area contributed by atoms with Crippen LogP contribution in [0.4, 0.5) is 4.79 Å². The Morgan fingerprint density at radius 3 is 2.18 bits per heavy atom. The molecule has 2 amide bonds. The lowest BCUT2D eigenvalue weighted by atomic mass is 10.2. The average Bonchev–Trinajstić information content (AvgIpc) is 3.15. The van der Waals surface area contributed by atoms with Crippen molar-refractivity contribution in [3.63, 3.8) is 0 Å². The lowest BCUT2D eigenvalue weighted by Crippen LogP contribution is -2.50. The fourth-order valence-corrected chi connectivity index (χ4v) is 2.13. The standard InChI is InChI=1S/C12H20N2O3/c1-7(8-3-4-8)14(2)12(17)13-10(11(15)16)9-5-6-9/h7-10H,3-6H2,1-2H3,(H,13,17)(H,15,16). The minimum Gasteiger partial charge on any atom is -0.480 e. The molecule has 0 aliphatic heterocycles. The van der Waals surface area contributed by atoms with Gasteiger partial charge in [-0.2, -0.15) is 0 Å². The predicted octanol–water partition coefficient (Wildman–Crippen LogP) is 1.29. The molecule has 0 aromatic heterocycles. The second-order valence-electron chi connectivity index (χ2n) is 5.29. The number of aliphatic carboxylic acids is 1. The molecule has 0 aromatic rings. The van der Waals surface area contributed by atoms with Gasteiger partial charge in [-0.15, -0.1) is 0 Å². The second kappa shape index (κ2) is 4.55. The first-order chi connectivity index (χ1) is 8.00. The molecule has 0 radical (unpaired) electrons. The molecular formula is C12H20N2O3. The first-order valence-corrected chi connectivity index (χ1v) is 6.27. The van der Waals surface area contributed by atoms with E-state index in [2.05, 4.69) is 5.32 Å². The van der Waals surface area contributed by atoms with Crippen molar-refractivity contribution in [1.82, 2.24) is 10.2 Å². The first kappa shape index (κ1) is 12.2. The number of rotatable bonds is 5. The number of hydrogen-bond acceptors (Lipinski definition) is 2. The fourth-order valence-electron chi connectivity index (χ4n) is 2.13. The molecule has 0 aromatic carbocycles. The number of nitrogens with zero attached hydrogens (tertiary/aromatic N) is 1. The maximum atomic E-state index is 11.9. The third kappa shape index (κ3) is 2.90. The van der Waals surface area contributed by atoms with Gasteiger partial charge in [-0.1, -0.05) is 0 Å². The highest BCUT2D eigenvalue weighted by atomic mass is 16.4. The largest absolute Gasteiger partial charge is 0.480 e. The van der Waals surface area contributed by atoms with Crippen molar-refractivity contribution in [2.24, 2.45) is 11.8 Å². The first-order valence-electron chi connectivity index (χ1n) is 6.27. The molecule has 2 N–H and O–H groups in total. The van der Waals surface area contributed by atoms with E-state index < -0.39 is 12.0 Å². The maximum Gasteiger partial charge on any atom is 0.326 e. The molecule has 2 rings (SSSR count). The lowest BCUT2D eigenvalue weighted by Gasteiger charge is -2.26. The van der Waals surface area contributed by atoms with E-state index >= 15 is 0 Å². The van der Waals surface area contributed by atoms with Crippen molar-refractivity contribution in [2.75, 3.05) is 7.05 Å². The lowest BCUT2D eigenvalue weighted by molar-refractivity contribution is -0.139. The van der Waals surface area contributed by atoms with Gasteiger partial charge in [0.2, 0.25) is 0 Å². The number of urea groups is 1. The van der Waals surface area contributed by atoms with Crippen LogP contribution in [0, 0.1) is 11.8 Å². The summed E-state index contributed by atoms with van der Waals surface area (Å²) in [6, 6.07) is -0.774. The summed E-state index contributed by atoms with van der Waals surface area (Å²) in [4.78, 5) is 24.6. The number of nitrogens with one attached hydrogen (secondary N) is 1. The highest BCUT2D eigenvalue weighted by molar-refractivity contribution is 5.83. The van der Waals surface area contributed by atoms with Crippen molar-refractivity contribution in [3.05, 3.63) is 0 Å². The average molecular weight is 240 g/mol. The van der Waals surface area contributed by atoms with Gasteiger partial charge in [0.25, 0.3) is 0 Å². The fraction of sp³-hybridized carbons (Fsp3) is 0.833. The molecule has 96 valence electrons. The summed E-state index contributed by atoms with van der Waals surface area (Å²) in [5.41, 5.74) is 0. The molecule has 2 atom stereocenters. The summed E-state index contributed by atoms with van der Waals surface area (Å²) in [6.45, 7) is 2.02. The zero-order chi connectivity index (χ0) is 12.6. The van der Waals surface area contributed by atoms with E-state index in [0.29, 0.717) is 5.92 Å². The molecule has 2 aliphatic rings. The Labute approximate surface area is 101 Å². The predicted molar refractivity (Wildman–Crippen MR) is 62.6 cm³/mol. The topological polar surface area (TPSA) is 69.6 Å². The van der Waals surface area contributed by atoms with Crippen molar-refractivity contribution in [2.45, 2.75) is 44.7 Å². The minimum atomic E-state index is -0.923. The summed E-state index contributed by atoms with van der Waals surface area (Å²) < 4.78 is 0. The van der Waals surface area contributed by atoms with Gasteiger partial charge in [-0.25, -0.2) is 9.59 Å². The molecule has 2 saturated carbocycles. The van der Waals surface area contributed by atoms with Crippen LogP contribution in [0.3, 0.4) is 0 Å². The summed E-state index contributed by atoms with van der Waals surface area (Å²) in [5, 5.41) is 11.7. The minimum absolute atomic E-state index is 0.126. The number of carboxylic acid groups (broad SMARTS) is 1. The molecule has 17 heavy (non-hydrogen) atoms. The molecule has 0 spiro atoms. The Balaban J connectivity index is 1.87. The van der Waals surface area contributed by atoms with Crippen LogP contribution in [0.25, 0.3) is 0 Å². The van der Waals surface area contributed by atoms with E-state index in [1.165, 1.54) is 12.8 Å². The van der Waals surface area contributed by atoms with Gasteiger partial charge in [0.15, 0.2) is 0 Å². The smallest absolute Gasteiger partial charge is 0.326 e. The molecule has 2 fully saturated rings. The van der Waals surface area contributed by atoms with Crippen LogP contribution in [0.5, 0.6) is 0 Å². The number of hydrogen-bond donors (Lipinski definition) is 2. The zero-order valence-corrected chi connectivity index (χ0v) is 10.3. The van der Waals surface area contributed by atoms with Gasteiger partial charge in [0, 0.05) is 13.1 Å². The van der Waals surface area contributed by atoms with E-state index in [-0.39, 0.29) is 18.0 Å². The van der Waals surface area contributed by atoms with Crippen molar-refractivity contribution in [1.29, 1.82) is 0 Å². The third-order valence-corrected chi connectivity index (χ3v) is 3.87. The number of carbonyl (C=O) groups is 2. The molecular weight excluding hydrogens is 220 g/mol. The maximum absolute atomic E-state index is 11.9. The monoisotopic (exact) mass is 240 g/mol. The van der Waals surface area contributed by atoms with E-state index in [0.717, 1.165) is 12.8 Å². The second-order valence-corrected chi connectivity index (χ2v) is 5.29. The van der Waals surface area contributed by atoms with Crippen LogP contribution in [0.15, 0.2) is 0 Å².